The van der Waals surface area contributed by atoms with Crippen molar-refractivity contribution < 1.29 is 15.0 Å². The zero-order valence-corrected chi connectivity index (χ0v) is 11.4. The van der Waals surface area contributed by atoms with Crippen LogP contribution in [0.25, 0.3) is 0 Å². The summed E-state index contributed by atoms with van der Waals surface area (Å²) in [6, 6.07) is 11.5. The van der Waals surface area contributed by atoms with Crippen LogP contribution in [0.4, 0.5) is 0 Å². The summed E-state index contributed by atoms with van der Waals surface area (Å²) in [6.07, 6.45) is 0. The second-order valence-electron chi connectivity index (χ2n) is 4.79. The van der Waals surface area contributed by atoms with E-state index in [0.717, 1.165) is 11.1 Å². The van der Waals surface area contributed by atoms with Crippen molar-refractivity contribution in [2.45, 2.75) is 19.9 Å². The van der Waals surface area contributed by atoms with Gasteiger partial charge < -0.3 is 15.5 Å². The Morgan fingerprint density at radius 3 is 2.30 bits per heavy atom. The fourth-order valence-corrected chi connectivity index (χ4v) is 2.16. The number of aryl methyl sites for hydroxylation is 1. The molecule has 20 heavy (non-hydrogen) atoms. The summed E-state index contributed by atoms with van der Waals surface area (Å²) in [6.45, 7) is 3.88. The number of nitrogens with one attached hydrogen (secondary N) is 1. The summed E-state index contributed by atoms with van der Waals surface area (Å²) in [4.78, 5) is 12.1. The van der Waals surface area contributed by atoms with Gasteiger partial charge in [-0.05, 0) is 37.1 Å². The maximum absolute atomic E-state index is 12.1. The minimum absolute atomic E-state index is 0.140. The normalized spacial score (nSPS) is 11.9. The first kappa shape index (κ1) is 13.9. The minimum Gasteiger partial charge on any atom is -0.508 e. The molecule has 0 spiro atoms. The van der Waals surface area contributed by atoms with E-state index in [0.29, 0.717) is 0 Å². The Hall–Kier alpha value is -2.49. The first-order valence-corrected chi connectivity index (χ1v) is 6.37. The molecular formula is C16H17NO3. The van der Waals surface area contributed by atoms with E-state index in [2.05, 4.69) is 5.32 Å². The molecule has 3 N–H and O–H groups in total. The van der Waals surface area contributed by atoms with Crippen LogP contribution in [0.3, 0.4) is 0 Å². The summed E-state index contributed by atoms with van der Waals surface area (Å²) in [5.41, 5.74) is 2.35. The smallest absolute Gasteiger partial charge is 0.252 e. The van der Waals surface area contributed by atoms with Crippen molar-refractivity contribution in [3.05, 3.63) is 59.2 Å². The van der Waals surface area contributed by atoms with E-state index >= 15 is 0 Å². The molecule has 0 heterocycles. The second-order valence-corrected chi connectivity index (χ2v) is 4.79. The Kier molecular flexibility index (Phi) is 3.94. The molecule has 104 valence electrons. The van der Waals surface area contributed by atoms with Crippen LogP contribution in [-0.4, -0.2) is 16.1 Å². The predicted molar refractivity (Wildman–Crippen MR) is 76.8 cm³/mol. The first-order chi connectivity index (χ1) is 9.47. The molecule has 0 aliphatic heterocycles. The van der Waals surface area contributed by atoms with Gasteiger partial charge in [0.2, 0.25) is 0 Å². The van der Waals surface area contributed by atoms with Crippen LogP contribution >= 0.6 is 0 Å². The zero-order valence-electron chi connectivity index (χ0n) is 11.4. The Bertz CT molecular complexity index is 617. The lowest BCUT2D eigenvalue weighted by Gasteiger charge is -2.16. The number of hydrogen-bond acceptors (Lipinski definition) is 3. The lowest BCUT2D eigenvalue weighted by molar-refractivity contribution is 0.0939. The topological polar surface area (TPSA) is 69.6 Å². The first-order valence-electron chi connectivity index (χ1n) is 6.37. The van der Waals surface area contributed by atoms with E-state index in [1.54, 1.807) is 0 Å². The van der Waals surface area contributed by atoms with Gasteiger partial charge in [0.15, 0.2) is 0 Å². The SMILES string of the molecule is Cc1ccccc1C(C)NC(=O)c1cc(O)cc(O)c1. The highest BCUT2D eigenvalue weighted by Gasteiger charge is 2.14. The molecule has 2 aromatic rings. The number of rotatable bonds is 3. The Balaban J connectivity index is 2.17. The molecule has 2 rings (SSSR count). The van der Waals surface area contributed by atoms with Crippen molar-refractivity contribution in [1.82, 2.24) is 5.32 Å². The van der Waals surface area contributed by atoms with Crippen molar-refractivity contribution in [2.75, 3.05) is 0 Å². The highest BCUT2D eigenvalue weighted by molar-refractivity contribution is 5.95. The van der Waals surface area contributed by atoms with Crippen LogP contribution in [0.15, 0.2) is 42.5 Å². The van der Waals surface area contributed by atoms with Crippen molar-refractivity contribution in [2.24, 2.45) is 0 Å². The third-order valence-electron chi connectivity index (χ3n) is 3.17. The van der Waals surface area contributed by atoms with Gasteiger partial charge in [-0.1, -0.05) is 24.3 Å². The summed E-state index contributed by atoms with van der Waals surface area (Å²) in [5.74, 6) is -0.621. The lowest BCUT2D eigenvalue weighted by atomic mass is 10.0. The Labute approximate surface area is 117 Å². The summed E-state index contributed by atoms with van der Waals surface area (Å²) < 4.78 is 0. The van der Waals surface area contributed by atoms with Gasteiger partial charge in [0.25, 0.3) is 5.91 Å². The van der Waals surface area contributed by atoms with Crippen LogP contribution in [0.1, 0.15) is 34.5 Å². The van der Waals surface area contributed by atoms with E-state index in [1.807, 2.05) is 38.1 Å². The molecule has 4 nitrogen and oxygen atoms in total. The van der Waals surface area contributed by atoms with Gasteiger partial charge in [0.05, 0.1) is 6.04 Å². The summed E-state index contributed by atoms with van der Waals surface area (Å²) >= 11 is 0. The van der Waals surface area contributed by atoms with Gasteiger partial charge in [-0.25, -0.2) is 0 Å². The maximum atomic E-state index is 12.1. The quantitative estimate of drug-likeness (QED) is 0.804. The van der Waals surface area contributed by atoms with Gasteiger partial charge in [0.1, 0.15) is 11.5 Å². The van der Waals surface area contributed by atoms with E-state index in [4.69, 9.17) is 0 Å². The molecule has 0 aliphatic rings. The van der Waals surface area contributed by atoms with Crippen molar-refractivity contribution in [1.29, 1.82) is 0 Å². The van der Waals surface area contributed by atoms with E-state index in [1.165, 1.54) is 18.2 Å². The van der Waals surface area contributed by atoms with Crippen molar-refractivity contribution in [3.8, 4) is 11.5 Å². The number of aromatic hydroxyl groups is 2. The number of phenolic OH excluding ortho intramolecular Hbond substituents is 2. The van der Waals surface area contributed by atoms with Crippen LogP contribution in [0, 0.1) is 6.92 Å². The van der Waals surface area contributed by atoms with Crippen molar-refractivity contribution in [3.63, 3.8) is 0 Å². The Morgan fingerprint density at radius 2 is 1.70 bits per heavy atom. The summed E-state index contributed by atoms with van der Waals surface area (Å²) in [5, 5.41) is 21.6. The van der Waals surface area contributed by atoms with Crippen LogP contribution in [0.5, 0.6) is 11.5 Å². The zero-order chi connectivity index (χ0) is 14.7. The van der Waals surface area contributed by atoms with Crippen LogP contribution < -0.4 is 5.32 Å². The van der Waals surface area contributed by atoms with E-state index in [-0.39, 0.29) is 29.0 Å². The van der Waals surface area contributed by atoms with E-state index in [9.17, 15) is 15.0 Å². The lowest BCUT2D eigenvalue weighted by Crippen LogP contribution is -2.27. The third kappa shape index (κ3) is 3.09. The minimum atomic E-state index is -0.341. The molecule has 1 amide bonds. The van der Waals surface area contributed by atoms with E-state index < -0.39 is 0 Å². The average Bonchev–Trinajstić information content (AvgIpc) is 2.37. The van der Waals surface area contributed by atoms with Crippen LogP contribution in [-0.2, 0) is 0 Å². The number of amides is 1. The monoisotopic (exact) mass is 271 g/mol. The highest BCUT2D eigenvalue weighted by Crippen LogP contribution is 2.22. The molecular weight excluding hydrogens is 254 g/mol. The fourth-order valence-electron chi connectivity index (χ4n) is 2.16. The largest absolute Gasteiger partial charge is 0.508 e. The van der Waals surface area contributed by atoms with Crippen molar-refractivity contribution >= 4 is 5.91 Å². The van der Waals surface area contributed by atoms with Gasteiger partial charge >= 0.3 is 0 Å². The molecule has 1 unspecified atom stereocenters. The number of phenols is 2. The number of carbonyl (C=O) groups excluding carboxylic acids is 1. The standard InChI is InChI=1S/C16H17NO3/c1-10-5-3-4-6-15(10)11(2)17-16(20)12-7-13(18)9-14(19)8-12/h3-9,11,18-19H,1-2H3,(H,17,20). The fraction of sp³-hybridized carbons (Fsp3) is 0.188. The Morgan fingerprint density at radius 1 is 1.10 bits per heavy atom. The molecule has 0 saturated carbocycles. The third-order valence-corrected chi connectivity index (χ3v) is 3.17. The maximum Gasteiger partial charge on any atom is 0.252 e. The number of carbonyl (C=O) groups is 1. The molecule has 0 aromatic heterocycles. The number of hydrogen-bond donors (Lipinski definition) is 3. The van der Waals surface area contributed by atoms with Gasteiger partial charge in [-0.3, -0.25) is 4.79 Å². The molecule has 0 fully saturated rings. The predicted octanol–water partition coefficient (Wildman–Crippen LogP) is 2.90. The average molecular weight is 271 g/mol. The molecule has 1 atom stereocenters. The molecule has 4 heteroatoms. The van der Waals surface area contributed by atoms with Gasteiger partial charge in [-0.15, -0.1) is 0 Å². The molecule has 0 saturated heterocycles. The molecule has 0 bridgehead atoms. The van der Waals surface area contributed by atoms with Crippen LogP contribution in [0.2, 0.25) is 0 Å². The van der Waals surface area contributed by atoms with Gasteiger partial charge in [0, 0.05) is 11.6 Å². The highest BCUT2D eigenvalue weighted by atomic mass is 16.3. The molecule has 0 radical (unpaired) electrons. The van der Waals surface area contributed by atoms with Gasteiger partial charge in [-0.2, -0.15) is 0 Å². The second kappa shape index (κ2) is 5.65. The molecule has 2 aromatic carbocycles. The number of benzene rings is 2. The summed E-state index contributed by atoms with van der Waals surface area (Å²) in [7, 11) is 0. The molecule has 0 aliphatic carbocycles.